The maximum atomic E-state index is 12.9. The molecule has 0 radical (unpaired) electrons. The number of aromatic nitrogens is 1. The van der Waals surface area contributed by atoms with Crippen LogP contribution < -0.4 is 10.6 Å². The molecule has 1 aromatic heterocycles. The summed E-state index contributed by atoms with van der Waals surface area (Å²) in [4.78, 5) is 43.0. The van der Waals surface area contributed by atoms with E-state index in [1.54, 1.807) is 24.4 Å². The summed E-state index contributed by atoms with van der Waals surface area (Å²) in [5.74, 6) is -1.07. The smallest absolute Gasteiger partial charge is 0.256 e. The van der Waals surface area contributed by atoms with Gasteiger partial charge in [-0.3, -0.25) is 19.4 Å². The summed E-state index contributed by atoms with van der Waals surface area (Å²) in [5, 5.41) is 5.32. The van der Waals surface area contributed by atoms with E-state index in [1.165, 1.54) is 11.1 Å². The van der Waals surface area contributed by atoms with Crippen LogP contribution in [0.3, 0.4) is 0 Å². The first kappa shape index (κ1) is 21.7. The average molecular weight is 416 g/mol. The molecule has 1 heterocycles. The van der Waals surface area contributed by atoms with E-state index in [-0.39, 0.29) is 31.4 Å². The molecule has 0 saturated heterocycles. The lowest BCUT2D eigenvalue weighted by atomic mass is 10.2. The number of amides is 3. The Bertz CT molecular complexity index is 1040. The fourth-order valence-electron chi connectivity index (χ4n) is 3.01. The monoisotopic (exact) mass is 416 g/mol. The fourth-order valence-corrected chi connectivity index (χ4v) is 3.01. The normalized spacial score (nSPS) is 10.2. The zero-order valence-corrected chi connectivity index (χ0v) is 17.2. The molecule has 31 heavy (non-hydrogen) atoms. The van der Waals surface area contributed by atoms with Gasteiger partial charge >= 0.3 is 0 Å². The van der Waals surface area contributed by atoms with Crippen LogP contribution in [0.2, 0.25) is 0 Å². The Morgan fingerprint density at radius 3 is 2.45 bits per heavy atom. The van der Waals surface area contributed by atoms with Gasteiger partial charge in [-0.25, -0.2) is 0 Å². The third-order valence-corrected chi connectivity index (χ3v) is 4.49. The molecule has 0 fully saturated rings. The zero-order chi connectivity index (χ0) is 22.1. The van der Waals surface area contributed by atoms with Crippen LogP contribution in [0.1, 0.15) is 21.5 Å². The molecule has 2 aromatic carbocycles. The predicted octanol–water partition coefficient (Wildman–Crippen LogP) is 2.79. The summed E-state index contributed by atoms with van der Waals surface area (Å²) in [6.45, 7) is 1.82. The third kappa shape index (κ3) is 6.78. The van der Waals surface area contributed by atoms with Crippen molar-refractivity contribution in [1.82, 2.24) is 15.2 Å². The molecule has 0 spiro atoms. The number of nitrogens with one attached hydrogen (secondary N) is 2. The van der Waals surface area contributed by atoms with Gasteiger partial charge in [0, 0.05) is 24.6 Å². The van der Waals surface area contributed by atoms with Crippen molar-refractivity contribution in [3.8, 4) is 0 Å². The minimum absolute atomic E-state index is 0.180. The van der Waals surface area contributed by atoms with Crippen molar-refractivity contribution < 1.29 is 14.4 Å². The Hall–Kier alpha value is -4.00. The largest absolute Gasteiger partial charge is 0.345 e. The van der Waals surface area contributed by atoms with Gasteiger partial charge in [-0.15, -0.1) is 0 Å². The summed E-state index contributed by atoms with van der Waals surface area (Å²) >= 11 is 0. The van der Waals surface area contributed by atoms with Crippen LogP contribution in [0, 0.1) is 6.92 Å². The maximum absolute atomic E-state index is 12.9. The van der Waals surface area contributed by atoms with Gasteiger partial charge in [0.25, 0.3) is 5.91 Å². The Kier molecular flexibility index (Phi) is 7.48. The van der Waals surface area contributed by atoms with Gasteiger partial charge in [-0.2, -0.15) is 0 Å². The molecule has 7 heteroatoms. The van der Waals surface area contributed by atoms with Gasteiger partial charge in [0.15, 0.2) is 0 Å². The van der Waals surface area contributed by atoms with Gasteiger partial charge in [0.2, 0.25) is 11.8 Å². The maximum Gasteiger partial charge on any atom is 0.256 e. The van der Waals surface area contributed by atoms with Crippen molar-refractivity contribution in [2.45, 2.75) is 13.5 Å². The van der Waals surface area contributed by atoms with E-state index < -0.39 is 5.91 Å². The van der Waals surface area contributed by atoms with Crippen molar-refractivity contribution in [1.29, 1.82) is 0 Å². The number of aryl methyl sites for hydroxylation is 1. The van der Waals surface area contributed by atoms with Crippen molar-refractivity contribution in [3.05, 3.63) is 95.8 Å². The molecule has 3 amide bonds. The molecule has 3 rings (SSSR count). The minimum Gasteiger partial charge on any atom is -0.345 e. The molecule has 0 aliphatic carbocycles. The van der Waals surface area contributed by atoms with Gasteiger partial charge in [0.05, 0.1) is 12.1 Å². The Labute approximate surface area is 181 Å². The van der Waals surface area contributed by atoms with E-state index in [9.17, 15) is 14.4 Å². The van der Waals surface area contributed by atoms with Crippen LogP contribution >= 0.6 is 0 Å². The van der Waals surface area contributed by atoms with Crippen molar-refractivity contribution >= 4 is 23.4 Å². The topological polar surface area (TPSA) is 91.4 Å². The highest BCUT2D eigenvalue weighted by molar-refractivity contribution is 5.98. The number of anilines is 1. The minimum atomic E-state index is -0.424. The number of rotatable bonds is 8. The molecule has 0 atom stereocenters. The quantitative estimate of drug-likeness (QED) is 0.591. The summed E-state index contributed by atoms with van der Waals surface area (Å²) in [7, 11) is 0. The Morgan fingerprint density at radius 1 is 0.935 bits per heavy atom. The Balaban J connectivity index is 1.61. The van der Waals surface area contributed by atoms with Gasteiger partial charge in [-0.1, -0.05) is 42.5 Å². The van der Waals surface area contributed by atoms with E-state index in [0.29, 0.717) is 11.3 Å². The summed E-state index contributed by atoms with van der Waals surface area (Å²) in [6, 6.07) is 20.1. The number of carbonyl (C=O) groups is 3. The summed E-state index contributed by atoms with van der Waals surface area (Å²) in [5.41, 5.74) is 2.97. The standard InChI is InChI=1S/C24H24N4O3/c1-18-7-5-11-21(13-18)27-22(29)15-26-23(30)17-28(16-19-8-3-2-4-9-19)24(31)20-10-6-12-25-14-20/h2-14H,15-17H2,1H3,(H,26,30)(H,27,29). The highest BCUT2D eigenvalue weighted by Crippen LogP contribution is 2.10. The number of hydrogen-bond acceptors (Lipinski definition) is 4. The lowest BCUT2D eigenvalue weighted by Crippen LogP contribution is -2.42. The molecular weight excluding hydrogens is 392 g/mol. The number of pyridine rings is 1. The predicted molar refractivity (Wildman–Crippen MR) is 118 cm³/mol. The molecule has 0 saturated carbocycles. The SMILES string of the molecule is Cc1cccc(NC(=O)CNC(=O)CN(Cc2ccccc2)C(=O)c2cccnc2)c1. The summed E-state index contributed by atoms with van der Waals surface area (Å²) < 4.78 is 0. The van der Waals surface area contributed by atoms with Gasteiger partial charge < -0.3 is 15.5 Å². The Morgan fingerprint density at radius 2 is 1.74 bits per heavy atom. The van der Waals surface area contributed by atoms with Gasteiger partial charge in [0.1, 0.15) is 6.54 Å². The number of hydrogen-bond donors (Lipinski definition) is 2. The van der Waals surface area contributed by atoms with Crippen molar-refractivity contribution in [3.63, 3.8) is 0 Å². The average Bonchev–Trinajstić information content (AvgIpc) is 2.78. The molecule has 0 unspecified atom stereocenters. The van der Waals surface area contributed by atoms with Crippen LogP contribution in [0.4, 0.5) is 5.69 Å². The second-order valence-corrected chi connectivity index (χ2v) is 7.08. The van der Waals surface area contributed by atoms with E-state index >= 15 is 0 Å². The second-order valence-electron chi connectivity index (χ2n) is 7.08. The molecular formula is C24H24N4O3. The second kappa shape index (κ2) is 10.7. The first-order valence-corrected chi connectivity index (χ1v) is 9.88. The van der Waals surface area contributed by atoms with Crippen LogP contribution in [-0.4, -0.2) is 40.7 Å². The molecule has 0 aliphatic rings. The fraction of sp³-hybridized carbons (Fsp3) is 0.167. The first-order valence-electron chi connectivity index (χ1n) is 9.88. The summed E-state index contributed by atoms with van der Waals surface area (Å²) in [6.07, 6.45) is 3.05. The number of carbonyl (C=O) groups excluding carboxylic acids is 3. The highest BCUT2D eigenvalue weighted by atomic mass is 16.2. The van der Waals surface area contributed by atoms with E-state index in [4.69, 9.17) is 0 Å². The van der Waals surface area contributed by atoms with Crippen LogP contribution in [-0.2, 0) is 16.1 Å². The lowest BCUT2D eigenvalue weighted by molar-refractivity contribution is -0.124. The van der Waals surface area contributed by atoms with Crippen LogP contribution in [0.15, 0.2) is 79.1 Å². The number of nitrogens with zero attached hydrogens (tertiary/aromatic N) is 2. The third-order valence-electron chi connectivity index (χ3n) is 4.49. The molecule has 7 nitrogen and oxygen atoms in total. The van der Waals surface area contributed by atoms with Gasteiger partial charge in [-0.05, 0) is 42.3 Å². The van der Waals surface area contributed by atoms with Crippen molar-refractivity contribution in [2.75, 3.05) is 18.4 Å². The van der Waals surface area contributed by atoms with E-state index in [0.717, 1.165) is 11.1 Å². The first-order chi connectivity index (χ1) is 15.0. The molecule has 158 valence electrons. The van der Waals surface area contributed by atoms with Crippen molar-refractivity contribution in [2.24, 2.45) is 0 Å². The molecule has 0 aliphatic heterocycles. The van der Waals surface area contributed by atoms with E-state index in [2.05, 4.69) is 15.6 Å². The highest BCUT2D eigenvalue weighted by Gasteiger charge is 2.20. The van der Waals surface area contributed by atoms with E-state index in [1.807, 2.05) is 55.5 Å². The number of benzene rings is 2. The molecule has 2 N–H and O–H groups in total. The lowest BCUT2D eigenvalue weighted by Gasteiger charge is -2.22. The van der Waals surface area contributed by atoms with Crippen LogP contribution in [0.25, 0.3) is 0 Å². The molecule has 3 aromatic rings. The zero-order valence-electron chi connectivity index (χ0n) is 17.2. The van der Waals surface area contributed by atoms with Crippen LogP contribution in [0.5, 0.6) is 0 Å². The molecule has 0 bridgehead atoms.